The van der Waals surface area contributed by atoms with Gasteiger partial charge in [0.05, 0.1) is 17.5 Å². The first-order chi connectivity index (χ1) is 7.72. The molecule has 0 radical (unpaired) electrons. The summed E-state index contributed by atoms with van der Waals surface area (Å²) >= 11 is 1.46. The Morgan fingerprint density at radius 2 is 2.25 bits per heavy atom. The van der Waals surface area contributed by atoms with Gasteiger partial charge in [-0.2, -0.15) is 0 Å². The number of benzene rings is 1. The van der Waals surface area contributed by atoms with Crippen LogP contribution in [0.5, 0.6) is 5.75 Å². The molecule has 1 aromatic carbocycles. The van der Waals surface area contributed by atoms with Gasteiger partial charge in [-0.3, -0.25) is 4.79 Å². The average Bonchev–Trinajstić information content (AvgIpc) is 2.78. The quantitative estimate of drug-likeness (QED) is 0.765. The lowest BCUT2D eigenvalue weighted by Crippen LogP contribution is -1.94. The minimum absolute atomic E-state index is 0.0148. The monoisotopic (exact) mass is 233 g/mol. The molecule has 1 aromatic heterocycles. The molecule has 0 saturated heterocycles. The smallest absolute Gasteiger partial charge is 0.179 e. The van der Waals surface area contributed by atoms with Gasteiger partial charge < -0.3 is 4.74 Å². The number of hydrogen-bond donors (Lipinski definition) is 0. The van der Waals surface area contributed by atoms with Gasteiger partial charge in [0.15, 0.2) is 5.78 Å². The van der Waals surface area contributed by atoms with Crippen molar-refractivity contribution in [2.24, 2.45) is 0 Å². The van der Waals surface area contributed by atoms with Gasteiger partial charge in [-0.25, -0.2) is 4.98 Å². The minimum Gasteiger partial charge on any atom is -0.497 e. The number of ether oxygens (including phenoxy) is 1. The Bertz CT molecular complexity index is 519. The molecule has 2 rings (SSSR count). The molecule has 0 N–H and O–H groups in total. The summed E-state index contributed by atoms with van der Waals surface area (Å²) in [6.45, 7) is 1.53. The Labute approximate surface area is 97.7 Å². The fraction of sp³-hybridized carbons (Fsp3) is 0.167. The highest BCUT2D eigenvalue weighted by atomic mass is 32.1. The van der Waals surface area contributed by atoms with Crippen molar-refractivity contribution < 1.29 is 9.53 Å². The van der Waals surface area contributed by atoms with Crippen LogP contribution in [0.4, 0.5) is 0 Å². The van der Waals surface area contributed by atoms with Crippen LogP contribution in [0.2, 0.25) is 0 Å². The Hall–Kier alpha value is -1.68. The summed E-state index contributed by atoms with van der Waals surface area (Å²) < 4.78 is 5.15. The molecule has 0 spiro atoms. The molecule has 82 valence electrons. The summed E-state index contributed by atoms with van der Waals surface area (Å²) in [7, 11) is 1.62. The van der Waals surface area contributed by atoms with Gasteiger partial charge in [0, 0.05) is 6.92 Å². The van der Waals surface area contributed by atoms with Gasteiger partial charge >= 0.3 is 0 Å². The van der Waals surface area contributed by atoms with Crippen molar-refractivity contribution >= 4 is 17.1 Å². The fourth-order valence-electron chi connectivity index (χ4n) is 1.47. The number of methoxy groups -OCH3 is 1. The van der Waals surface area contributed by atoms with E-state index in [2.05, 4.69) is 4.98 Å². The van der Waals surface area contributed by atoms with Crippen LogP contribution in [0.25, 0.3) is 10.4 Å². The Morgan fingerprint density at radius 3 is 2.94 bits per heavy atom. The summed E-state index contributed by atoms with van der Waals surface area (Å²) in [6.07, 6.45) is 0. The average molecular weight is 233 g/mol. The Balaban J connectivity index is 2.50. The zero-order chi connectivity index (χ0) is 11.5. The highest BCUT2D eigenvalue weighted by Gasteiger charge is 2.12. The minimum atomic E-state index is -0.0148. The zero-order valence-electron chi connectivity index (χ0n) is 9.06. The van der Waals surface area contributed by atoms with Gasteiger partial charge in [0.1, 0.15) is 11.4 Å². The molecular formula is C12H11NO2S. The summed E-state index contributed by atoms with van der Waals surface area (Å²) in [6, 6.07) is 7.62. The van der Waals surface area contributed by atoms with Crippen molar-refractivity contribution in [3.63, 3.8) is 0 Å². The highest BCUT2D eigenvalue weighted by Crippen LogP contribution is 2.30. The van der Waals surface area contributed by atoms with E-state index in [9.17, 15) is 4.79 Å². The molecule has 0 aliphatic heterocycles. The molecule has 0 aliphatic rings. The third-order valence-corrected chi connectivity index (χ3v) is 3.11. The van der Waals surface area contributed by atoms with Crippen LogP contribution in [-0.4, -0.2) is 17.9 Å². The van der Waals surface area contributed by atoms with Gasteiger partial charge in [-0.1, -0.05) is 12.1 Å². The van der Waals surface area contributed by atoms with Gasteiger partial charge in [-0.05, 0) is 17.7 Å². The van der Waals surface area contributed by atoms with Crippen molar-refractivity contribution in [3.05, 3.63) is 35.5 Å². The third kappa shape index (κ3) is 1.97. The molecule has 3 nitrogen and oxygen atoms in total. The lowest BCUT2D eigenvalue weighted by atomic mass is 10.1. The maximum Gasteiger partial charge on any atom is 0.179 e. The van der Waals surface area contributed by atoms with Crippen molar-refractivity contribution in [1.29, 1.82) is 0 Å². The number of thiazole rings is 1. The molecular weight excluding hydrogens is 222 g/mol. The molecule has 0 unspecified atom stereocenters. The Kier molecular flexibility index (Phi) is 3.01. The van der Waals surface area contributed by atoms with Crippen LogP contribution < -0.4 is 4.74 Å². The fourth-order valence-corrected chi connectivity index (χ4v) is 2.30. The van der Waals surface area contributed by atoms with Crippen LogP contribution in [0.1, 0.15) is 17.4 Å². The van der Waals surface area contributed by atoms with Crippen molar-refractivity contribution in [2.45, 2.75) is 6.92 Å². The lowest BCUT2D eigenvalue weighted by molar-refractivity contribution is 0.101. The van der Waals surface area contributed by atoms with Crippen LogP contribution in [0.15, 0.2) is 29.8 Å². The van der Waals surface area contributed by atoms with Crippen LogP contribution in [0.3, 0.4) is 0 Å². The first-order valence-electron chi connectivity index (χ1n) is 4.81. The second kappa shape index (κ2) is 4.45. The number of hydrogen-bond acceptors (Lipinski definition) is 4. The number of ketones is 1. The first-order valence-corrected chi connectivity index (χ1v) is 5.69. The van der Waals surface area contributed by atoms with E-state index in [0.717, 1.165) is 16.2 Å². The van der Waals surface area contributed by atoms with E-state index in [1.54, 1.807) is 12.6 Å². The molecule has 16 heavy (non-hydrogen) atoms. The van der Waals surface area contributed by atoms with E-state index in [0.29, 0.717) is 5.69 Å². The van der Waals surface area contributed by atoms with Gasteiger partial charge in [0.2, 0.25) is 0 Å². The maximum absolute atomic E-state index is 11.4. The summed E-state index contributed by atoms with van der Waals surface area (Å²) in [5.41, 5.74) is 3.18. The first kappa shape index (κ1) is 10.8. The molecule has 1 heterocycles. The maximum atomic E-state index is 11.4. The molecule has 0 fully saturated rings. The lowest BCUT2D eigenvalue weighted by Gasteiger charge is -2.03. The van der Waals surface area contributed by atoms with Gasteiger partial charge in [-0.15, -0.1) is 11.3 Å². The molecule has 0 saturated carbocycles. The zero-order valence-corrected chi connectivity index (χ0v) is 9.88. The molecule has 0 bridgehead atoms. The van der Waals surface area contributed by atoms with E-state index < -0.39 is 0 Å². The number of Topliss-reactive ketones (excluding diaryl/α,β-unsaturated/α-hetero) is 1. The topological polar surface area (TPSA) is 39.2 Å². The van der Waals surface area contributed by atoms with Gasteiger partial charge in [0.25, 0.3) is 0 Å². The molecule has 4 heteroatoms. The predicted molar refractivity (Wildman–Crippen MR) is 64.1 cm³/mol. The van der Waals surface area contributed by atoms with Crippen LogP contribution in [0, 0.1) is 0 Å². The van der Waals surface area contributed by atoms with Crippen molar-refractivity contribution in [1.82, 2.24) is 4.98 Å². The van der Waals surface area contributed by atoms with Crippen LogP contribution >= 0.6 is 11.3 Å². The summed E-state index contributed by atoms with van der Waals surface area (Å²) in [5, 5.41) is 0. The molecule has 0 amide bonds. The largest absolute Gasteiger partial charge is 0.497 e. The third-order valence-electron chi connectivity index (χ3n) is 2.23. The SMILES string of the molecule is COc1cccc(-c2scnc2C(C)=O)c1. The van der Waals surface area contributed by atoms with E-state index in [-0.39, 0.29) is 5.78 Å². The van der Waals surface area contributed by atoms with E-state index in [1.807, 2.05) is 24.3 Å². The number of nitrogens with zero attached hydrogens (tertiary/aromatic N) is 1. The highest BCUT2D eigenvalue weighted by molar-refractivity contribution is 7.13. The standard InChI is InChI=1S/C12H11NO2S/c1-8(14)11-12(16-7-13-11)9-4-3-5-10(6-9)15-2/h3-7H,1-2H3. The second-order valence-electron chi connectivity index (χ2n) is 3.32. The van der Waals surface area contributed by atoms with Crippen molar-refractivity contribution in [3.8, 4) is 16.2 Å². The van der Waals surface area contributed by atoms with E-state index in [1.165, 1.54) is 18.3 Å². The van der Waals surface area contributed by atoms with E-state index >= 15 is 0 Å². The van der Waals surface area contributed by atoms with E-state index in [4.69, 9.17) is 4.74 Å². The molecule has 0 atom stereocenters. The predicted octanol–water partition coefficient (Wildman–Crippen LogP) is 3.02. The number of carbonyl (C=O) groups excluding carboxylic acids is 1. The Morgan fingerprint density at radius 1 is 1.44 bits per heavy atom. The van der Waals surface area contributed by atoms with Crippen molar-refractivity contribution in [2.75, 3.05) is 7.11 Å². The number of aromatic nitrogens is 1. The molecule has 2 aromatic rings. The normalized spacial score (nSPS) is 10.1. The summed E-state index contributed by atoms with van der Waals surface area (Å²) in [4.78, 5) is 16.3. The molecule has 0 aliphatic carbocycles. The number of carbonyl (C=O) groups is 1. The number of rotatable bonds is 3. The van der Waals surface area contributed by atoms with Crippen LogP contribution in [-0.2, 0) is 0 Å². The second-order valence-corrected chi connectivity index (χ2v) is 4.17. The summed E-state index contributed by atoms with van der Waals surface area (Å²) in [5.74, 6) is 0.763.